The van der Waals surface area contributed by atoms with Gasteiger partial charge in [0.15, 0.2) is 6.10 Å². The molecule has 2 atom stereocenters. The Bertz CT molecular complexity index is 600. The van der Waals surface area contributed by atoms with Gasteiger partial charge in [-0.2, -0.15) is 0 Å². The number of aliphatic hydroxyl groups excluding tert-OH is 1. The number of halogens is 1. The molecule has 0 aliphatic heterocycles. The minimum atomic E-state index is -0.892. The molecule has 0 saturated heterocycles. The first-order valence-electron chi connectivity index (χ1n) is 7.02. The molecule has 1 aromatic heterocycles. The fourth-order valence-corrected chi connectivity index (χ4v) is 2.09. The SMILES string of the molecule is CCC(Oc1ccccc1Cl)C(=O)NCC(O)c1ccco1. The fraction of sp³-hybridized carbons (Fsp3) is 0.312. The summed E-state index contributed by atoms with van der Waals surface area (Å²) in [5, 5.41) is 13.0. The average molecular weight is 324 g/mol. The van der Waals surface area contributed by atoms with Crippen LogP contribution in [0.25, 0.3) is 0 Å². The molecule has 2 N–H and O–H groups in total. The Labute approximate surface area is 133 Å². The minimum absolute atomic E-state index is 0.0503. The number of ether oxygens (including phenoxy) is 1. The Morgan fingerprint density at radius 3 is 2.77 bits per heavy atom. The maximum absolute atomic E-state index is 12.1. The quantitative estimate of drug-likeness (QED) is 0.821. The van der Waals surface area contributed by atoms with E-state index in [2.05, 4.69) is 5.32 Å². The van der Waals surface area contributed by atoms with Gasteiger partial charge in [-0.15, -0.1) is 0 Å². The molecule has 1 amide bonds. The molecule has 2 rings (SSSR count). The highest BCUT2D eigenvalue weighted by atomic mass is 35.5. The molecular weight excluding hydrogens is 306 g/mol. The van der Waals surface area contributed by atoms with Gasteiger partial charge in [0.2, 0.25) is 0 Å². The Kier molecular flexibility index (Phi) is 5.86. The molecule has 6 heteroatoms. The lowest BCUT2D eigenvalue weighted by molar-refractivity contribution is -0.128. The third kappa shape index (κ3) is 4.26. The third-order valence-electron chi connectivity index (χ3n) is 3.11. The second-order valence-corrected chi connectivity index (χ2v) is 5.13. The standard InChI is InChI=1S/C16H18ClNO4/c1-2-13(22-14-7-4-3-6-11(14)17)16(20)18-10-12(19)15-8-5-9-21-15/h3-9,12-13,19H,2,10H2,1H3,(H,18,20). The van der Waals surface area contributed by atoms with E-state index < -0.39 is 12.2 Å². The van der Waals surface area contributed by atoms with E-state index in [-0.39, 0.29) is 12.5 Å². The highest BCUT2D eigenvalue weighted by Gasteiger charge is 2.21. The first kappa shape index (κ1) is 16.4. The number of aliphatic hydroxyl groups is 1. The van der Waals surface area contributed by atoms with Crippen LogP contribution in [-0.4, -0.2) is 23.7 Å². The van der Waals surface area contributed by atoms with Crippen LogP contribution in [0.4, 0.5) is 0 Å². The smallest absolute Gasteiger partial charge is 0.261 e. The Hall–Kier alpha value is -1.98. The maximum atomic E-state index is 12.1. The Morgan fingerprint density at radius 2 is 2.14 bits per heavy atom. The molecule has 0 radical (unpaired) electrons. The number of rotatable bonds is 7. The number of nitrogens with one attached hydrogen (secondary N) is 1. The second kappa shape index (κ2) is 7.87. The summed E-state index contributed by atoms with van der Waals surface area (Å²) in [6, 6.07) is 10.3. The van der Waals surface area contributed by atoms with Crippen LogP contribution < -0.4 is 10.1 Å². The topological polar surface area (TPSA) is 71.7 Å². The van der Waals surface area contributed by atoms with Crippen LogP contribution in [0.3, 0.4) is 0 Å². The van der Waals surface area contributed by atoms with Gasteiger partial charge in [0.05, 0.1) is 17.8 Å². The molecule has 2 unspecified atom stereocenters. The van der Waals surface area contributed by atoms with Crippen molar-refractivity contribution >= 4 is 17.5 Å². The summed E-state index contributed by atoms with van der Waals surface area (Å²) in [4.78, 5) is 12.1. The summed E-state index contributed by atoms with van der Waals surface area (Å²) < 4.78 is 10.7. The van der Waals surface area contributed by atoms with Gasteiger partial charge in [-0.3, -0.25) is 4.79 Å². The van der Waals surface area contributed by atoms with Crippen molar-refractivity contribution in [1.82, 2.24) is 5.32 Å². The van der Waals surface area contributed by atoms with Gasteiger partial charge in [0.25, 0.3) is 5.91 Å². The number of hydrogen-bond donors (Lipinski definition) is 2. The van der Waals surface area contributed by atoms with E-state index in [1.807, 2.05) is 6.92 Å². The van der Waals surface area contributed by atoms with E-state index in [0.29, 0.717) is 23.0 Å². The van der Waals surface area contributed by atoms with Crippen molar-refractivity contribution in [3.05, 3.63) is 53.4 Å². The van der Waals surface area contributed by atoms with Gasteiger partial charge in [0.1, 0.15) is 17.6 Å². The molecule has 0 spiro atoms. The summed E-state index contributed by atoms with van der Waals surface area (Å²) in [6.45, 7) is 1.89. The van der Waals surface area contributed by atoms with Crippen molar-refractivity contribution in [2.75, 3.05) is 6.54 Å². The predicted molar refractivity (Wildman–Crippen MR) is 82.8 cm³/mol. The largest absolute Gasteiger partial charge is 0.479 e. The minimum Gasteiger partial charge on any atom is -0.479 e. The fourth-order valence-electron chi connectivity index (χ4n) is 1.91. The molecule has 22 heavy (non-hydrogen) atoms. The predicted octanol–water partition coefficient (Wildman–Crippen LogP) is 2.94. The summed E-state index contributed by atoms with van der Waals surface area (Å²) in [6.07, 6.45) is 0.379. The molecule has 0 aliphatic carbocycles. The van der Waals surface area contributed by atoms with Gasteiger partial charge in [0, 0.05) is 0 Å². The van der Waals surface area contributed by atoms with E-state index in [1.165, 1.54) is 6.26 Å². The Balaban J connectivity index is 1.90. The van der Waals surface area contributed by atoms with Crippen LogP contribution in [-0.2, 0) is 4.79 Å². The molecule has 1 heterocycles. The van der Waals surface area contributed by atoms with Gasteiger partial charge in [-0.25, -0.2) is 0 Å². The van der Waals surface area contributed by atoms with Crippen LogP contribution in [0.2, 0.25) is 5.02 Å². The number of para-hydroxylation sites is 1. The van der Waals surface area contributed by atoms with Crippen molar-refractivity contribution in [3.8, 4) is 5.75 Å². The van der Waals surface area contributed by atoms with Crippen molar-refractivity contribution in [2.24, 2.45) is 0 Å². The number of hydrogen-bond acceptors (Lipinski definition) is 4. The lowest BCUT2D eigenvalue weighted by Gasteiger charge is -2.18. The number of carbonyl (C=O) groups is 1. The van der Waals surface area contributed by atoms with Crippen molar-refractivity contribution in [2.45, 2.75) is 25.6 Å². The monoisotopic (exact) mass is 323 g/mol. The summed E-state index contributed by atoms with van der Waals surface area (Å²) in [7, 11) is 0. The highest BCUT2D eigenvalue weighted by Crippen LogP contribution is 2.24. The van der Waals surface area contributed by atoms with E-state index in [0.717, 1.165) is 0 Å². The molecule has 118 valence electrons. The molecule has 1 aromatic carbocycles. The molecule has 0 bridgehead atoms. The van der Waals surface area contributed by atoms with Gasteiger partial charge in [-0.05, 0) is 30.7 Å². The van der Waals surface area contributed by atoms with Crippen LogP contribution in [0, 0.1) is 0 Å². The van der Waals surface area contributed by atoms with Crippen LogP contribution in [0.5, 0.6) is 5.75 Å². The van der Waals surface area contributed by atoms with Gasteiger partial charge in [-0.1, -0.05) is 30.7 Å². The lowest BCUT2D eigenvalue weighted by atomic mass is 10.2. The zero-order valence-corrected chi connectivity index (χ0v) is 12.9. The van der Waals surface area contributed by atoms with Crippen molar-refractivity contribution in [1.29, 1.82) is 0 Å². The maximum Gasteiger partial charge on any atom is 0.261 e. The van der Waals surface area contributed by atoms with Crippen LogP contribution in [0.1, 0.15) is 25.2 Å². The summed E-state index contributed by atoms with van der Waals surface area (Å²) >= 11 is 6.02. The summed E-state index contributed by atoms with van der Waals surface area (Å²) in [5.74, 6) is 0.547. The number of benzene rings is 1. The van der Waals surface area contributed by atoms with E-state index in [4.69, 9.17) is 20.8 Å². The first-order chi connectivity index (χ1) is 10.6. The molecule has 5 nitrogen and oxygen atoms in total. The van der Waals surface area contributed by atoms with Crippen molar-refractivity contribution in [3.63, 3.8) is 0 Å². The zero-order valence-electron chi connectivity index (χ0n) is 12.2. The van der Waals surface area contributed by atoms with Gasteiger partial charge >= 0.3 is 0 Å². The zero-order chi connectivity index (χ0) is 15.9. The third-order valence-corrected chi connectivity index (χ3v) is 3.42. The van der Waals surface area contributed by atoms with Crippen LogP contribution in [0.15, 0.2) is 47.1 Å². The normalized spacial score (nSPS) is 13.4. The van der Waals surface area contributed by atoms with Crippen LogP contribution >= 0.6 is 11.6 Å². The van der Waals surface area contributed by atoms with E-state index in [1.54, 1.807) is 36.4 Å². The Morgan fingerprint density at radius 1 is 1.36 bits per heavy atom. The molecule has 0 saturated carbocycles. The highest BCUT2D eigenvalue weighted by molar-refractivity contribution is 6.32. The molecule has 0 aliphatic rings. The number of carbonyl (C=O) groups excluding carboxylic acids is 1. The van der Waals surface area contributed by atoms with E-state index in [9.17, 15) is 9.90 Å². The summed E-state index contributed by atoms with van der Waals surface area (Å²) in [5.41, 5.74) is 0. The molecular formula is C16H18ClNO4. The van der Waals surface area contributed by atoms with Gasteiger partial charge < -0.3 is 19.6 Å². The molecule has 2 aromatic rings. The first-order valence-corrected chi connectivity index (χ1v) is 7.40. The molecule has 0 fully saturated rings. The lowest BCUT2D eigenvalue weighted by Crippen LogP contribution is -2.39. The number of amides is 1. The van der Waals surface area contributed by atoms with E-state index >= 15 is 0 Å². The van der Waals surface area contributed by atoms with Crippen molar-refractivity contribution < 1.29 is 19.1 Å². The second-order valence-electron chi connectivity index (χ2n) is 4.72. The average Bonchev–Trinajstić information content (AvgIpc) is 3.06. The number of furan rings is 1.